The zero-order valence-electron chi connectivity index (χ0n) is 17.6. The molecule has 0 aromatic rings. The molecule has 0 radical (unpaired) electrons. The van der Waals surface area contributed by atoms with E-state index in [9.17, 15) is 4.79 Å². The summed E-state index contributed by atoms with van der Waals surface area (Å²) >= 11 is 0. The molecule has 2 nitrogen and oxygen atoms in total. The Hall–Kier alpha value is -1.31. The van der Waals surface area contributed by atoms with Crippen molar-refractivity contribution in [3.8, 4) is 0 Å². The molecular weight excluding hydrogens is 318 g/mol. The summed E-state index contributed by atoms with van der Waals surface area (Å²) < 4.78 is 0. The van der Waals surface area contributed by atoms with Crippen molar-refractivity contribution < 1.29 is 4.79 Å². The van der Waals surface area contributed by atoms with E-state index >= 15 is 0 Å². The van der Waals surface area contributed by atoms with Gasteiger partial charge in [0.2, 0.25) is 5.91 Å². The second-order valence-electron chi connectivity index (χ2n) is 7.59. The molecule has 0 aromatic heterocycles. The van der Waals surface area contributed by atoms with Crippen molar-refractivity contribution in [3.05, 3.63) is 36.5 Å². The van der Waals surface area contributed by atoms with Crippen LogP contribution in [0.2, 0.25) is 0 Å². The predicted molar refractivity (Wildman–Crippen MR) is 116 cm³/mol. The van der Waals surface area contributed by atoms with Crippen molar-refractivity contribution in [3.63, 3.8) is 0 Å². The molecule has 0 heterocycles. The summed E-state index contributed by atoms with van der Waals surface area (Å²) in [6, 6.07) is 0. The van der Waals surface area contributed by atoms with Crippen molar-refractivity contribution in [2.45, 2.75) is 97.8 Å². The molecular formula is C24H43NO. The first-order valence-corrected chi connectivity index (χ1v) is 10.9. The standard InChI is InChI=1S/C24H43NO/c1-4-5-6-7-8-9-10-11-12-13-14-15-16-17-18-19-20-21-24(26)25-22-23(2)3/h14-15,18-21,23H,4-13,16-17,22H2,1-3H3,(H,25,26)/b15-14-,19-18+,21-20+. The SMILES string of the molecule is CCCCCCCCCCC/C=C\CC/C=C/C=C/C(=O)NCC(C)C. The molecule has 26 heavy (non-hydrogen) atoms. The quantitative estimate of drug-likeness (QED) is 0.127. The van der Waals surface area contributed by atoms with Gasteiger partial charge in [0.25, 0.3) is 0 Å². The Morgan fingerprint density at radius 3 is 2.00 bits per heavy atom. The summed E-state index contributed by atoms with van der Waals surface area (Å²) in [5.74, 6) is 0.481. The number of unbranched alkanes of at least 4 members (excludes halogenated alkanes) is 10. The lowest BCUT2D eigenvalue weighted by molar-refractivity contribution is -0.116. The summed E-state index contributed by atoms with van der Waals surface area (Å²) in [4.78, 5) is 11.5. The maximum absolute atomic E-state index is 11.5. The van der Waals surface area contributed by atoms with Crippen molar-refractivity contribution in [1.82, 2.24) is 5.32 Å². The monoisotopic (exact) mass is 361 g/mol. The lowest BCUT2D eigenvalue weighted by Gasteiger charge is -2.03. The van der Waals surface area contributed by atoms with E-state index in [0.29, 0.717) is 5.92 Å². The smallest absolute Gasteiger partial charge is 0.243 e. The van der Waals surface area contributed by atoms with Crippen LogP contribution < -0.4 is 5.32 Å². The lowest BCUT2D eigenvalue weighted by Crippen LogP contribution is -2.25. The van der Waals surface area contributed by atoms with E-state index in [1.807, 2.05) is 12.2 Å². The van der Waals surface area contributed by atoms with Gasteiger partial charge in [0.1, 0.15) is 0 Å². The fraction of sp³-hybridized carbons (Fsp3) is 0.708. The number of hydrogen-bond acceptors (Lipinski definition) is 1. The molecule has 0 rings (SSSR count). The van der Waals surface area contributed by atoms with Crippen LogP contribution in [-0.2, 0) is 4.79 Å². The number of rotatable bonds is 17. The van der Waals surface area contributed by atoms with E-state index in [1.54, 1.807) is 6.08 Å². The van der Waals surface area contributed by atoms with E-state index in [1.165, 1.54) is 64.2 Å². The Balaban J connectivity index is 3.38. The zero-order valence-corrected chi connectivity index (χ0v) is 17.6. The Labute approximate surface area is 163 Å². The Bertz CT molecular complexity index is 393. The Morgan fingerprint density at radius 2 is 1.35 bits per heavy atom. The molecule has 0 aliphatic carbocycles. The molecule has 0 fully saturated rings. The van der Waals surface area contributed by atoms with Gasteiger partial charge in [-0.3, -0.25) is 4.79 Å². The largest absolute Gasteiger partial charge is 0.352 e. The number of amides is 1. The fourth-order valence-corrected chi connectivity index (χ4v) is 2.68. The van der Waals surface area contributed by atoms with Crippen LogP contribution in [0.4, 0.5) is 0 Å². The van der Waals surface area contributed by atoms with Crippen molar-refractivity contribution in [2.75, 3.05) is 6.54 Å². The minimum absolute atomic E-state index is 0.01000. The van der Waals surface area contributed by atoms with Crippen LogP contribution in [0.5, 0.6) is 0 Å². The van der Waals surface area contributed by atoms with Gasteiger partial charge in [-0.15, -0.1) is 0 Å². The van der Waals surface area contributed by atoms with Crippen LogP contribution >= 0.6 is 0 Å². The van der Waals surface area contributed by atoms with Crippen LogP contribution in [0.15, 0.2) is 36.5 Å². The highest BCUT2D eigenvalue weighted by molar-refractivity contribution is 5.87. The number of nitrogens with one attached hydrogen (secondary N) is 1. The van der Waals surface area contributed by atoms with Gasteiger partial charge in [0.05, 0.1) is 0 Å². The van der Waals surface area contributed by atoms with E-state index in [-0.39, 0.29) is 5.91 Å². The molecule has 0 aromatic carbocycles. The third kappa shape index (κ3) is 20.7. The van der Waals surface area contributed by atoms with Gasteiger partial charge >= 0.3 is 0 Å². The van der Waals surface area contributed by atoms with Gasteiger partial charge in [-0.1, -0.05) is 103 Å². The Morgan fingerprint density at radius 1 is 0.769 bits per heavy atom. The van der Waals surface area contributed by atoms with Gasteiger partial charge in [0, 0.05) is 12.6 Å². The van der Waals surface area contributed by atoms with Crippen LogP contribution in [0.3, 0.4) is 0 Å². The first-order valence-electron chi connectivity index (χ1n) is 10.9. The van der Waals surface area contributed by atoms with Crippen LogP contribution in [-0.4, -0.2) is 12.5 Å². The predicted octanol–water partition coefficient (Wildman–Crippen LogP) is 7.13. The first kappa shape index (κ1) is 24.7. The molecule has 0 aliphatic rings. The second kappa shape index (κ2) is 20.0. The molecule has 0 unspecified atom stereocenters. The van der Waals surface area contributed by atoms with Crippen molar-refractivity contribution in [1.29, 1.82) is 0 Å². The normalized spacial score (nSPS) is 12.2. The number of carbonyl (C=O) groups is 1. The fourth-order valence-electron chi connectivity index (χ4n) is 2.68. The summed E-state index contributed by atoms with van der Waals surface area (Å²) in [6.45, 7) is 7.19. The minimum atomic E-state index is -0.01000. The van der Waals surface area contributed by atoms with Gasteiger partial charge in [-0.05, 0) is 31.6 Å². The second-order valence-corrected chi connectivity index (χ2v) is 7.59. The third-order valence-corrected chi connectivity index (χ3v) is 4.32. The maximum Gasteiger partial charge on any atom is 0.243 e. The highest BCUT2D eigenvalue weighted by atomic mass is 16.1. The van der Waals surface area contributed by atoms with Crippen LogP contribution in [0.1, 0.15) is 97.8 Å². The third-order valence-electron chi connectivity index (χ3n) is 4.32. The average molecular weight is 362 g/mol. The van der Waals surface area contributed by atoms with Crippen LogP contribution in [0, 0.1) is 5.92 Å². The molecule has 0 bridgehead atoms. The highest BCUT2D eigenvalue weighted by Crippen LogP contribution is 2.10. The molecule has 2 heteroatoms. The molecule has 1 amide bonds. The maximum atomic E-state index is 11.5. The summed E-state index contributed by atoms with van der Waals surface area (Å²) in [5.41, 5.74) is 0. The summed E-state index contributed by atoms with van der Waals surface area (Å²) in [5, 5.41) is 2.87. The van der Waals surface area contributed by atoms with Crippen molar-refractivity contribution in [2.24, 2.45) is 5.92 Å². The number of hydrogen-bond donors (Lipinski definition) is 1. The van der Waals surface area contributed by atoms with E-state index in [2.05, 4.69) is 44.3 Å². The molecule has 0 atom stereocenters. The van der Waals surface area contributed by atoms with E-state index < -0.39 is 0 Å². The molecule has 150 valence electrons. The molecule has 0 saturated heterocycles. The first-order chi connectivity index (χ1) is 12.7. The molecule has 0 aliphatic heterocycles. The van der Waals surface area contributed by atoms with Crippen LogP contribution in [0.25, 0.3) is 0 Å². The average Bonchev–Trinajstić information content (AvgIpc) is 2.62. The molecule has 0 spiro atoms. The molecule has 1 N–H and O–H groups in total. The lowest BCUT2D eigenvalue weighted by atomic mass is 10.1. The van der Waals surface area contributed by atoms with E-state index in [4.69, 9.17) is 0 Å². The minimum Gasteiger partial charge on any atom is -0.352 e. The van der Waals surface area contributed by atoms with Gasteiger partial charge < -0.3 is 5.32 Å². The number of carbonyl (C=O) groups excluding carboxylic acids is 1. The summed E-state index contributed by atoms with van der Waals surface area (Å²) in [6.07, 6.45) is 28.0. The highest BCUT2D eigenvalue weighted by Gasteiger charge is 1.95. The summed E-state index contributed by atoms with van der Waals surface area (Å²) in [7, 11) is 0. The van der Waals surface area contributed by atoms with Crippen molar-refractivity contribution >= 4 is 5.91 Å². The number of allylic oxidation sites excluding steroid dienone is 5. The van der Waals surface area contributed by atoms with Gasteiger partial charge in [0.15, 0.2) is 0 Å². The Kier molecular flexibility index (Phi) is 19.0. The van der Waals surface area contributed by atoms with Gasteiger partial charge in [-0.2, -0.15) is 0 Å². The zero-order chi connectivity index (χ0) is 19.3. The van der Waals surface area contributed by atoms with E-state index in [0.717, 1.165) is 19.4 Å². The topological polar surface area (TPSA) is 29.1 Å². The molecule has 0 saturated carbocycles. The van der Waals surface area contributed by atoms with Gasteiger partial charge in [-0.25, -0.2) is 0 Å².